The van der Waals surface area contributed by atoms with Crippen molar-refractivity contribution in [1.29, 1.82) is 0 Å². The van der Waals surface area contributed by atoms with E-state index >= 15 is 0 Å². The first-order valence-electron chi connectivity index (χ1n) is 8.87. The molecule has 0 unspecified atom stereocenters. The largest absolute Gasteiger partial charge is 0.497 e. The van der Waals surface area contributed by atoms with Gasteiger partial charge in [-0.25, -0.2) is 0 Å². The molecule has 3 aromatic rings. The van der Waals surface area contributed by atoms with E-state index in [1.165, 1.54) is 11.1 Å². The lowest BCUT2D eigenvalue weighted by molar-refractivity contribution is -0.672. The van der Waals surface area contributed by atoms with Crippen LogP contribution in [-0.2, 0) is 13.0 Å². The number of ether oxygens (including phenoxy) is 1. The standard InChI is InChI=1S/C22H25NO2/c1-24-21-11-9-19(10-12-21)20(16-18-6-3-2-4-7-18)13-14-23-17-22-8-5-15-25-22/h2-12,15,20,23H,13-14,16-17H2,1H3/p+1/t20-/m0/s1. The second kappa shape index (κ2) is 9.09. The van der Waals surface area contributed by atoms with Crippen LogP contribution in [0.2, 0.25) is 0 Å². The highest BCUT2D eigenvalue weighted by Crippen LogP contribution is 2.25. The molecule has 0 radical (unpaired) electrons. The SMILES string of the molecule is COc1ccc([C@@H](CC[NH2+]Cc2ccco2)Cc2ccccc2)cc1. The van der Waals surface area contributed by atoms with Crippen LogP contribution < -0.4 is 10.1 Å². The fraction of sp³-hybridized carbons (Fsp3) is 0.273. The molecule has 25 heavy (non-hydrogen) atoms. The second-order valence-corrected chi connectivity index (χ2v) is 6.31. The minimum absolute atomic E-state index is 0.501. The van der Waals surface area contributed by atoms with Crippen LogP contribution in [0.25, 0.3) is 0 Å². The van der Waals surface area contributed by atoms with Crippen LogP contribution in [0, 0.1) is 0 Å². The summed E-state index contributed by atoms with van der Waals surface area (Å²) in [5.41, 5.74) is 2.76. The number of hydrogen-bond donors (Lipinski definition) is 1. The molecule has 3 heteroatoms. The van der Waals surface area contributed by atoms with E-state index in [4.69, 9.17) is 9.15 Å². The molecule has 3 rings (SSSR count). The van der Waals surface area contributed by atoms with E-state index in [1.807, 2.05) is 12.1 Å². The molecule has 0 aliphatic rings. The zero-order valence-corrected chi connectivity index (χ0v) is 14.7. The van der Waals surface area contributed by atoms with Crippen LogP contribution in [0.1, 0.15) is 29.2 Å². The molecule has 3 nitrogen and oxygen atoms in total. The number of hydrogen-bond acceptors (Lipinski definition) is 2. The molecule has 1 aromatic heterocycles. The first-order valence-corrected chi connectivity index (χ1v) is 8.87. The molecule has 0 fully saturated rings. The van der Waals surface area contributed by atoms with E-state index in [9.17, 15) is 0 Å². The Hall–Kier alpha value is -2.52. The molecule has 0 bridgehead atoms. The molecular weight excluding hydrogens is 310 g/mol. The van der Waals surface area contributed by atoms with Crippen molar-refractivity contribution in [2.24, 2.45) is 0 Å². The summed E-state index contributed by atoms with van der Waals surface area (Å²) < 4.78 is 10.7. The number of furan rings is 1. The Morgan fingerprint density at radius 2 is 1.76 bits per heavy atom. The van der Waals surface area contributed by atoms with Gasteiger partial charge in [-0.2, -0.15) is 0 Å². The molecule has 1 atom stereocenters. The maximum atomic E-state index is 5.40. The molecule has 0 spiro atoms. The van der Waals surface area contributed by atoms with Crippen molar-refractivity contribution < 1.29 is 14.5 Å². The summed E-state index contributed by atoms with van der Waals surface area (Å²) in [6.45, 7) is 1.97. The van der Waals surface area contributed by atoms with Crippen LogP contribution in [-0.4, -0.2) is 13.7 Å². The van der Waals surface area contributed by atoms with E-state index < -0.39 is 0 Å². The van der Waals surface area contributed by atoms with Crippen LogP contribution in [0.15, 0.2) is 77.4 Å². The van der Waals surface area contributed by atoms with Gasteiger partial charge in [0.2, 0.25) is 0 Å². The van der Waals surface area contributed by atoms with Gasteiger partial charge in [-0.3, -0.25) is 0 Å². The number of rotatable bonds is 9. The van der Waals surface area contributed by atoms with E-state index in [0.29, 0.717) is 5.92 Å². The van der Waals surface area contributed by atoms with Crippen LogP contribution in [0.4, 0.5) is 0 Å². The zero-order valence-electron chi connectivity index (χ0n) is 14.7. The zero-order chi connectivity index (χ0) is 17.3. The van der Waals surface area contributed by atoms with Gasteiger partial charge in [-0.05, 0) is 47.7 Å². The lowest BCUT2D eigenvalue weighted by atomic mass is 9.89. The summed E-state index contributed by atoms with van der Waals surface area (Å²) in [6, 6.07) is 23.2. The van der Waals surface area contributed by atoms with Gasteiger partial charge in [0, 0.05) is 6.42 Å². The molecular formula is C22H26NO2+. The lowest BCUT2D eigenvalue weighted by Crippen LogP contribution is -2.82. The molecule has 0 aliphatic carbocycles. The Balaban J connectivity index is 1.62. The Morgan fingerprint density at radius 1 is 0.960 bits per heavy atom. The quantitative estimate of drug-likeness (QED) is 0.604. The van der Waals surface area contributed by atoms with Crippen molar-refractivity contribution in [3.8, 4) is 5.75 Å². The summed E-state index contributed by atoms with van der Waals surface area (Å²) in [5.74, 6) is 2.44. The highest BCUT2D eigenvalue weighted by atomic mass is 16.5. The molecule has 2 N–H and O–H groups in total. The first kappa shape index (κ1) is 17.3. The van der Waals surface area contributed by atoms with Gasteiger partial charge in [0.25, 0.3) is 0 Å². The van der Waals surface area contributed by atoms with E-state index in [0.717, 1.165) is 37.4 Å². The van der Waals surface area contributed by atoms with Gasteiger partial charge >= 0.3 is 0 Å². The third kappa shape index (κ3) is 5.23. The molecule has 0 amide bonds. The molecule has 130 valence electrons. The van der Waals surface area contributed by atoms with Crippen LogP contribution >= 0.6 is 0 Å². The Bertz CT molecular complexity index is 720. The fourth-order valence-electron chi connectivity index (χ4n) is 3.15. The second-order valence-electron chi connectivity index (χ2n) is 6.31. The molecule has 0 aliphatic heterocycles. The number of quaternary nitrogens is 1. The summed E-state index contributed by atoms with van der Waals surface area (Å²) >= 11 is 0. The van der Waals surface area contributed by atoms with Crippen molar-refractivity contribution in [2.75, 3.05) is 13.7 Å². The maximum Gasteiger partial charge on any atom is 0.157 e. The minimum Gasteiger partial charge on any atom is -0.497 e. The smallest absolute Gasteiger partial charge is 0.157 e. The van der Waals surface area contributed by atoms with E-state index in [2.05, 4.69) is 59.9 Å². The maximum absolute atomic E-state index is 5.40. The average Bonchev–Trinajstić information content (AvgIpc) is 3.19. The van der Waals surface area contributed by atoms with Gasteiger partial charge in [0.15, 0.2) is 5.76 Å². The average molecular weight is 336 g/mol. The van der Waals surface area contributed by atoms with Gasteiger partial charge in [-0.1, -0.05) is 42.5 Å². The first-order chi connectivity index (χ1) is 12.3. The molecule has 0 saturated carbocycles. The summed E-state index contributed by atoms with van der Waals surface area (Å²) in [5, 5.41) is 2.32. The Labute approximate surface area is 149 Å². The molecule has 2 aromatic carbocycles. The van der Waals surface area contributed by atoms with Crippen molar-refractivity contribution in [3.63, 3.8) is 0 Å². The topological polar surface area (TPSA) is 39.0 Å². The summed E-state index contributed by atoms with van der Waals surface area (Å²) in [7, 11) is 1.71. The predicted octanol–water partition coefficient (Wildman–Crippen LogP) is 3.77. The van der Waals surface area contributed by atoms with Gasteiger partial charge in [0.1, 0.15) is 12.3 Å². The monoisotopic (exact) mass is 336 g/mol. The van der Waals surface area contributed by atoms with E-state index in [1.54, 1.807) is 13.4 Å². The van der Waals surface area contributed by atoms with Gasteiger partial charge < -0.3 is 14.5 Å². The minimum atomic E-state index is 0.501. The van der Waals surface area contributed by atoms with Crippen molar-refractivity contribution in [3.05, 3.63) is 89.9 Å². The summed E-state index contributed by atoms with van der Waals surface area (Å²) in [4.78, 5) is 0. The Morgan fingerprint density at radius 3 is 2.44 bits per heavy atom. The number of methoxy groups -OCH3 is 1. The normalized spacial score (nSPS) is 12.0. The number of benzene rings is 2. The Kier molecular flexibility index (Phi) is 6.29. The highest BCUT2D eigenvalue weighted by molar-refractivity contribution is 5.31. The third-order valence-corrected chi connectivity index (χ3v) is 4.56. The van der Waals surface area contributed by atoms with Gasteiger partial charge in [0.05, 0.1) is 19.9 Å². The van der Waals surface area contributed by atoms with Crippen molar-refractivity contribution in [2.45, 2.75) is 25.3 Å². The van der Waals surface area contributed by atoms with Gasteiger partial charge in [-0.15, -0.1) is 0 Å². The molecule has 0 saturated heterocycles. The van der Waals surface area contributed by atoms with Crippen LogP contribution in [0.5, 0.6) is 5.75 Å². The number of nitrogens with two attached hydrogens (primary N) is 1. The third-order valence-electron chi connectivity index (χ3n) is 4.56. The van der Waals surface area contributed by atoms with Crippen molar-refractivity contribution in [1.82, 2.24) is 0 Å². The fourth-order valence-corrected chi connectivity index (χ4v) is 3.15. The molecule has 1 heterocycles. The predicted molar refractivity (Wildman–Crippen MR) is 99.7 cm³/mol. The van der Waals surface area contributed by atoms with Crippen LogP contribution in [0.3, 0.4) is 0 Å². The highest BCUT2D eigenvalue weighted by Gasteiger charge is 2.14. The van der Waals surface area contributed by atoms with E-state index in [-0.39, 0.29) is 0 Å². The van der Waals surface area contributed by atoms with Crippen molar-refractivity contribution >= 4 is 0 Å². The summed E-state index contributed by atoms with van der Waals surface area (Å²) in [6.07, 6.45) is 3.92. The lowest BCUT2D eigenvalue weighted by Gasteiger charge is -2.17.